The number of likely N-dealkylation sites (tertiary alicyclic amines) is 1. The smallest absolute Gasteiger partial charge is 0.253 e. The second-order valence-electron chi connectivity index (χ2n) is 6.62. The van der Waals surface area contributed by atoms with Crippen molar-refractivity contribution in [2.24, 2.45) is 5.92 Å². The van der Waals surface area contributed by atoms with E-state index < -0.39 is 0 Å². The van der Waals surface area contributed by atoms with Gasteiger partial charge in [0.2, 0.25) is 0 Å². The van der Waals surface area contributed by atoms with E-state index in [4.69, 9.17) is 0 Å². The summed E-state index contributed by atoms with van der Waals surface area (Å²) in [6, 6.07) is 18.5. The number of rotatable bonds is 6. The van der Waals surface area contributed by atoms with E-state index >= 15 is 0 Å². The van der Waals surface area contributed by atoms with Crippen molar-refractivity contribution in [2.75, 3.05) is 26.7 Å². The highest BCUT2D eigenvalue weighted by Crippen LogP contribution is 2.23. The summed E-state index contributed by atoms with van der Waals surface area (Å²) in [6.07, 6.45) is 2.31. The first-order valence-corrected chi connectivity index (χ1v) is 9.95. The van der Waals surface area contributed by atoms with Crippen LogP contribution in [-0.2, 0) is 5.75 Å². The molecule has 3 nitrogen and oxygen atoms in total. The lowest BCUT2D eigenvalue weighted by Gasteiger charge is -2.32. The number of nitrogens with zero attached hydrogens (tertiary/aromatic N) is 1. The van der Waals surface area contributed by atoms with Crippen LogP contribution in [0.5, 0.6) is 0 Å². The molecule has 0 aromatic heterocycles. The highest BCUT2D eigenvalue weighted by Gasteiger charge is 2.23. The number of piperidine rings is 1. The van der Waals surface area contributed by atoms with Crippen LogP contribution in [0.1, 0.15) is 28.8 Å². The van der Waals surface area contributed by atoms with Crippen LogP contribution in [0.2, 0.25) is 0 Å². The number of hydrogen-bond acceptors (Lipinski definition) is 3. The van der Waals surface area contributed by atoms with Crippen molar-refractivity contribution < 1.29 is 4.79 Å². The summed E-state index contributed by atoms with van der Waals surface area (Å²) in [6.45, 7) is 2.73. The lowest BCUT2D eigenvalue weighted by molar-refractivity contribution is 0.0674. The van der Waals surface area contributed by atoms with Gasteiger partial charge in [0.15, 0.2) is 0 Å². The first-order valence-electron chi connectivity index (χ1n) is 8.97. The zero-order valence-corrected chi connectivity index (χ0v) is 15.6. The van der Waals surface area contributed by atoms with Gasteiger partial charge in [-0.25, -0.2) is 0 Å². The Hall–Kier alpha value is -1.78. The van der Waals surface area contributed by atoms with Crippen molar-refractivity contribution in [2.45, 2.75) is 23.5 Å². The van der Waals surface area contributed by atoms with Gasteiger partial charge in [0.25, 0.3) is 5.91 Å². The largest absolute Gasteiger partial charge is 0.338 e. The molecule has 0 spiro atoms. The minimum absolute atomic E-state index is 0.170. The Morgan fingerprint density at radius 1 is 1.16 bits per heavy atom. The second-order valence-corrected chi connectivity index (χ2v) is 7.66. The molecule has 2 aromatic carbocycles. The molecule has 4 heteroatoms. The third kappa shape index (κ3) is 5.10. The molecule has 1 saturated heterocycles. The number of nitrogens with one attached hydrogen (secondary N) is 1. The Labute approximate surface area is 154 Å². The van der Waals surface area contributed by atoms with Crippen LogP contribution >= 0.6 is 11.8 Å². The second kappa shape index (κ2) is 9.07. The van der Waals surface area contributed by atoms with Crippen molar-refractivity contribution in [1.29, 1.82) is 0 Å². The molecule has 3 rings (SSSR count). The minimum Gasteiger partial charge on any atom is -0.338 e. The summed E-state index contributed by atoms with van der Waals surface area (Å²) < 4.78 is 0. The molecule has 1 amide bonds. The Bertz CT molecular complexity index is 670. The van der Waals surface area contributed by atoms with Crippen molar-refractivity contribution in [3.05, 3.63) is 65.7 Å². The molecule has 25 heavy (non-hydrogen) atoms. The summed E-state index contributed by atoms with van der Waals surface area (Å²) in [5.41, 5.74) is 2.05. The fourth-order valence-corrected chi connectivity index (χ4v) is 4.19. The molecule has 1 N–H and O–H groups in total. The number of thioether (sulfide) groups is 1. The maximum Gasteiger partial charge on any atom is 0.253 e. The topological polar surface area (TPSA) is 32.3 Å². The molecule has 0 aliphatic carbocycles. The molecular formula is C21H26N2OS. The fourth-order valence-electron chi connectivity index (χ4n) is 3.31. The van der Waals surface area contributed by atoms with Crippen molar-refractivity contribution >= 4 is 17.7 Å². The first kappa shape index (κ1) is 18.0. The van der Waals surface area contributed by atoms with Crippen LogP contribution in [0, 0.1) is 5.92 Å². The summed E-state index contributed by atoms with van der Waals surface area (Å²) in [4.78, 5) is 16.0. The summed E-state index contributed by atoms with van der Waals surface area (Å²) in [5.74, 6) is 1.67. The number of hydrogen-bond donors (Lipinski definition) is 1. The van der Waals surface area contributed by atoms with Gasteiger partial charge in [0.1, 0.15) is 0 Å². The third-order valence-electron chi connectivity index (χ3n) is 4.65. The molecule has 2 aromatic rings. The molecule has 1 unspecified atom stereocenters. The average molecular weight is 355 g/mol. The third-order valence-corrected chi connectivity index (χ3v) is 5.73. The van der Waals surface area contributed by atoms with Crippen LogP contribution < -0.4 is 5.32 Å². The van der Waals surface area contributed by atoms with Crippen LogP contribution in [0.3, 0.4) is 0 Å². The van der Waals surface area contributed by atoms with Crippen LogP contribution in [0.25, 0.3) is 0 Å². The van der Waals surface area contributed by atoms with Gasteiger partial charge in [-0.1, -0.05) is 30.3 Å². The lowest BCUT2D eigenvalue weighted by Crippen LogP contribution is -2.42. The van der Waals surface area contributed by atoms with Gasteiger partial charge >= 0.3 is 0 Å². The zero-order valence-electron chi connectivity index (χ0n) is 14.8. The van der Waals surface area contributed by atoms with E-state index in [1.807, 2.05) is 41.9 Å². The van der Waals surface area contributed by atoms with E-state index in [0.717, 1.165) is 37.4 Å². The normalized spacial score (nSPS) is 17.5. The van der Waals surface area contributed by atoms with E-state index in [-0.39, 0.29) is 5.91 Å². The predicted molar refractivity (Wildman–Crippen MR) is 105 cm³/mol. The molecule has 132 valence electrons. The minimum atomic E-state index is 0.170. The fraction of sp³-hybridized carbons (Fsp3) is 0.381. The standard InChI is InChI=1S/C21H26N2OS/c1-22-14-18-6-5-13-23(15-18)21(24)19-11-9-17(10-12-19)16-25-20-7-3-2-4-8-20/h2-4,7-12,18,22H,5-6,13-16H2,1H3. The van der Waals surface area contributed by atoms with Gasteiger partial charge in [-0.15, -0.1) is 11.8 Å². The Kier molecular flexibility index (Phi) is 6.54. The molecule has 0 bridgehead atoms. The molecule has 1 heterocycles. The average Bonchev–Trinajstić information content (AvgIpc) is 2.67. The highest BCUT2D eigenvalue weighted by molar-refractivity contribution is 7.98. The maximum absolute atomic E-state index is 12.7. The van der Waals surface area contributed by atoms with E-state index in [2.05, 4.69) is 41.7 Å². The van der Waals surface area contributed by atoms with Gasteiger partial charge < -0.3 is 10.2 Å². The molecule has 0 saturated carbocycles. The van der Waals surface area contributed by atoms with Gasteiger partial charge in [-0.3, -0.25) is 4.79 Å². The number of amides is 1. The van der Waals surface area contributed by atoms with Crippen molar-refractivity contribution in [3.63, 3.8) is 0 Å². The SMILES string of the molecule is CNCC1CCCN(C(=O)c2ccc(CSc3ccccc3)cc2)C1. The highest BCUT2D eigenvalue weighted by atomic mass is 32.2. The van der Waals surface area contributed by atoms with E-state index in [1.54, 1.807) is 0 Å². The lowest BCUT2D eigenvalue weighted by atomic mass is 9.97. The summed E-state index contributed by atoms with van der Waals surface area (Å²) in [7, 11) is 1.98. The van der Waals surface area contributed by atoms with Gasteiger partial charge in [-0.2, -0.15) is 0 Å². The Morgan fingerprint density at radius 2 is 1.92 bits per heavy atom. The van der Waals surface area contributed by atoms with Crippen LogP contribution in [0.15, 0.2) is 59.5 Å². The quantitative estimate of drug-likeness (QED) is 0.794. The Morgan fingerprint density at radius 3 is 2.64 bits per heavy atom. The van der Waals surface area contributed by atoms with Gasteiger partial charge in [0.05, 0.1) is 0 Å². The number of carbonyl (C=O) groups is 1. The van der Waals surface area contributed by atoms with E-state index in [9.17, 15) is 4.79 Å². The maximum atomic E-state index is 12.7. The van der Waals surface area contributed by atoms with Crippen molar-refractivity contribution in [3.8, 4) is 0 Å². The van der Waals surface area contributed by atoms with Gasteiger partial charge in [0, 0.05) is 29.3 Å². The van der Waals surface area contributed by atoms with E-state index in [0.29, 0.717) is 5.92 Å². The zero-order chi connectivity index (χ0) is 17.5. The Balaban J connectivity index is 1.57. The first-order chi connectivity index (χ1) is 12.3. The summed E-state index contributed by atoms with van der Waals surface area (Å²) >= 11 is 1.82. The monoisotopic (exact) mass is 354 g/mol. The molecule has 1 fully saturated rings. The number of benzene rings is 2. The molecule has 1 atom stereocenters. The predicted octanol–water partition coefficient (Wildman–Crippen LogP) is 4.05. The molecule has 1 aliphatic rings. The van der Waals surface area contributed by atoms with Gasteiger partial charge in [-0.05, 0) is 62.2 Å². The molecule has 1 aliphatic heterocycles. The summed E-state index contributed by atoms with van der Waals surface area (Å²) in [5, 5.41) is 3.23. The van der Waals surface area contributed by atoms with Crippen LogP contribution in [0.4, 0.5) is 0 Å². The van der Waals surface area contributed by atoms with Crippen LogP contribution in [-0.4, -0.2) is 37.5 Å². The van der Waals surface area contributed by atoms with E-state index in [1.165, 1.54) is 16.9 Å². The molecule has 0 radical (unpaired) electrons. The van der Waals surface area contributed by atoms with Crippen molar-refractivity contribution in [1.82, 2.24) is 10.2 Å². The number of carbonyl (C=O) groups excluding carboxylic acids is 1. The molecular weight excluding hydrogens is 328 g/mol.